The Bertz CT molecular complexity index is 468. The maximum atomic E-state index is 12.1. The van der Waals surface area contributed by atoms with Crippen molar-refractivity contribution in [3.8, 4) is 0 Å². The highest BCUT2D eigenvalue weighted by atomic mass is 35.5. The summed E-state index contributed by atoms with van der Waals surface area (Å²) in [5.41, 5.74) is 2.49. The number of amides is 1. The van der Waals surface area contributed by atoms with E-state index in [2.05, 4.69) is 15.7 Å². The zero-order valence-corrected chi connectivity index (χ0v) is 12.7. The summed E-state index contributed by atoms with van der Waals surface area (Å²) in [4.78, 5) is 12.1. The summed E-state index contributed by atoms with van der Waals surface area (Å²) in [5, 5.41) is 10.8. The second kappa shape index (κ2) is 6.59. The number of halogens is 1. The van der Waals surface area contributed by atoms with E-state index in [0.717, 1.165) is 38.8 Å². The fourth-order valence-corrected chi connectivity index (χ4v) is 3.26. The molecular formula is C14H23ClN4O. The van der Waals surface area contributed by atoms with Gasteiger partial charge in [0.25, 0.3) is 0 Å². The molecule has 2 heterocycles. The van der Waals surface area contributed by atoms with Crippen molar-refractivity contribution in [2.45, 2.75) is 38.1 Å². The first-order valence-electron chi connectivity index (χ1n) is 7.25. The molecule has 0 aromatic carbocycles. The van der Waals surface area contributed by atoms with Gasteiger partial charge in [-0.05, 0) is 44.7 Å². The third-order valence-corrected chi connectivity index (χ3v) is 4.35. The third-order valence-electron chi connectivity index (χ3n) is 4.35. The molecule has 2 unspecified atom stereocenters. The van der Waals surface area contributed by atoms with Gasteiger partial charge in [0.2, 0.25) is 5.91 Å². The molecule has 0 spiro atoms. The van der Waals surface area contributed by atoms with Crippen molar-refractivity contribution < 1.29 is 4.79 Å². The lowest BCUT2D eigenvalue weighted by atomic mass is 9.92. The Balaban J connectivity index is 0.00000147. The average molecular weight is 299 g/mol. The minimum absolute atomic E-state index is 0. The molecule has 6 heteroatoms. The molecule has 1 saturated heterocycles. The zero-order chi connectivity index (χ0) is 13.2. The van der Waals surface area contributed by atoms with Crippen molar-refractivity contribution in [3.63, 3.8) is 0 Å². The fraction of sp³-hybridized carbons (Fsp3) is 0.714. The van der Waals surface area contributed by atoms with Crippen LogP contribution < -0.4 is 10.6 Å². The van der Waals surface area contributed by atoms with Gasteiger partial charge in [0.15, 0.2) is 0 Å². The lowest BCUT2D eigenvalue weighted by molar-refractivity contribution is -0.122. The van der Waals surface area contributed by atoms with Gasteiger partial charge in [0, 0.05) is 24.7 Å². The molecule has 2 aliphatic rings. The minimum atomic E-state index is 0. The van der Waals surface area contributed by atoms with Gasteiger partial charge >= 0.3 is 0 Å². The van der Waals surface area contributed by atoms with Gasteiger partial charge in [-0.1, -0.05) is 0 Å². The van der Waals surface area contributed by atoms with Gasteiger partial charge in [-0.3, -0.25) is 9.48 Å². The Hall–Kier alpha value is -1.07. The van der Waals surface area contributed by atoms with E-state index in [0.29, 0.717) is 12.3 Å². The summed E-state index contributed by atoms with van der Waals surface area (Å²) >= 11 is 0. The molecule has 5 nitrogen and oxygen atoms in total. The largest absolute Gasteiger partial charge is 0.349 e. The molecule has 0 bridgehead atoms. The van der Waals surface area contributed by atoms with Gasteiger partial charge < -0.3 is 10.6 Å². The highest BCUT2D eigenvalue weighted by Gasteiger charge is 2.26. The van der Waals surface area contributed by atoms with E-state index in [9.17, 15) is 4.79 Å². The van der Waals surface area contributed by atoms with Crippen LogP contribution in [-0.2, 0) is 18.3 Å². The SMILES string of the molecule is Cl.Cn1ncc2c1CCCC2NC(=O)CC1CCNC1. The molecule has 1 aliphatic heterocycles. The maximum Gasteiger partial charge on any atom is 0.220 e. The van der Waals surface area contributed by atoms with Crippen LogP contribution in [0.1, 0.15) is 43.0 Å². The van der Waals surface area contributed by atoms with Crippen molar-refractivity contribution in [2.75, 3.05) is 13.1 Å². The lowest BCUT2D eigenvalue weighted by Crippen LogP contribution is -2.32. The number of aryl methyl sites for hydroxylation is 1. The number of carbonyl (C=O) groups excluding carboxylic acids is 1. The number of nitrogens with zero attached hydrogens (tertiary/aromatic N) is 2. The van der Waals surface area contributed by atoms with E-state index in [1.807, 2.05) is 17.9 Å². The van der Waals surface area contributed by atoms with E-state index in [1.165, 1.54) is 11.3 Å². The van der Waals surface area contributed by atoms with Crippen LogP contribution in [0.2, 0.25) is 0 Å². The van der Waals surface area contributed by atoms with Crippen LogP contribution >= 0.6 is 12.4 Å². The van der Waals surface area contributed by atoms with Crippen LogP contribution in [-0.4, -0.2) is 28.8 Å². The first-order valence-corrected chi connectivity index (χ1v) is 7.25. The summed E-state index contributed by atoms with van der Waals surface area (Å²) < 4.78 is 1.94. The fourth-order valence-electron chi connectivity index (χ4n) is 3.26. The highest BCUT2D eigenvalue weighted by Crippen LogP contribution is 2.29. The standard InChI is InChI=1S/C14H22N4O.ClH/c1-18-13-4-2-3-12(11(13)9-16-18)17-14(19)7-10-5-6-15-8-10;/h9-10,12,15H,2-8H2,1H3,(H,17,19);1H. The first kappa shape index (κ1) is 15.3. The van der Waals surface area contributed by atoms with Crippen molar-refractivity contribution in [3.05, 3.63) is 17.5 Å². The van der Waals surface area contributed by atoms with Crippen LogP contribution in [0.3, 0.4) is 0 Å². The minimum Gasteiger partial charge on any atom is -0.349 e. The predicted molar refractivity (Wildman–Crippen MR) is 79.9 cm³/mol. The van der Waals surface area contributed by atoms with Gasteiger partial charge in [-0.2, -0.15) is 5.10 Å². The van der Waals surface area contributed by atoms with Crippen molar-refractivity contribution in [1.82, 2.24) is 20.4 Å². The number of fused-ring (bicyclic) bond motifs is 1. The summed E-state index contributed by atoms with van der Waals surface area (Å²) in [5.74, 6) is 0.701. The molecule has 3 rings (SSSR count). The van der Waals surface area contributed by atoms with Crippen molar-refractivity contribution in [2.24, 2.45) is 13.0 Å². The molecule has 20 heavy (non-hydrogen) atoms. The van der Waals surface area contributed by atoms with Crippen molar-refractivity contribution in [1.29, 1.82) is 0 Å². The zero-order valence-electron chi connectivity index (χ0n) is 11.9. The maximum absolute atomic E-state index is 12.1. The second-order valence-electron chi connectivity index (χ2n) is 5.75. The molecule has 1 aromatic rings. The molecule has 1 fully saturated rings. The predicted octanol–water partition coefficient (Wildman–Crippen LogP) is 1.34. The molecule has 1 amide bonds. The molecule has 0 radical (unpaired) electrons. The van der Waals surface area contributed by atoms with E-state index >= 15 is 0 Å². The molecule has 2 N–H and O–H groups in total. The molecule has 1 aromatic heterocycles. The van der Waals surface area contributed by atoms with Gasteiger partial charge in [0.05, 0.1) is 12.2 Å². The monoisotopic (exact) mass is 298 g/mol. The normalized spacial score (nSPS) is 24.9. The molecule has 112 valence electrons. The summed E-state index contributed by atoms with van der Waals surface area (Å²) in [7, 11) is 1.98. The smallest absolute Gasteiger partial charge is 0.220 e. The molecule has 1 aliphatic carbocycles. The van der Waals surface area contributed by atoms with Crippen molar-refractivity contribution >= 4 is 18.3 Å². The van der Waals surface area contributed by atoms with Crippen LogP contribution in [0, 0.1) is 5.92 Å². The number of nitrogens with one attached hydrogen (secondary N) is 2. The second-order valence-corrected chi connectivity index (χ2v) is 5.75. The topological polar surface area (TPSA) is 59.0 Å². The Kier molecular flexibility index (Phi) is 5.05. The van der Waals surface area contributed by atoms with E-state index in [-0.39, 0.29) is 24.4 Å². The number of hydrogen-bond acceptors (Lipinski definition) is 3. The molecular weight excluding hydrogens is 276 g/mol. The Labute approximate surface area is 125 Å². The van der Waals surface area contributed by atoms with Crippen LogP contribution in [0.25, 0.3) is 0 Å². The Morgan fingerprint density at radius 3 is 3.15 bits per heavy atom. The lowest BCUT2D eigenvalue weighted by Gasteiger charge is -2.24. The van der Waals surface area contributed by atoms with E-state index < -0.39 is 0 Å². The highest BCUT2D eigenvalue weighted by molar-refractivity contribution is 5.85. The summed E-state index contributed by atoms with van der Waals surface area (Å²) in [6.07, 6.45) is 6.92. The molecule has 0 saturated carbocycles. The van der Waals surface area contributed by atoms with Crippen LogP contribution in [0.5, 0.6) is 0 Å². The molecule has 2 atom stereocenters. The first-order chi connectivity index (χ1) is 9.24. The van der Waals surface area contributed by atoms with E-state index in [1.54, 1.807) is 0 Å². The summed E-state index contributed by atoms with van der Waals surface area (Å²) in [6.45, 7) is 2.03. The van der Waals surface area contributed by atoms with Crippen LogP contribution in [0.15, 0.2) is 6.20 Å². The number of hydrogen-bond donors (Lipinski definition) is 2. The Morgan fingerprint density at radius 2 is 2.40 bits per heavy atom. The quantitative estimate of drug-likeness (QED) is 0.885. The third kappa shape index (κ3) is 3.15. The van der Waals surface area contributed by atoms with Crippen LogP contribution in [0.4, 0.5) is 0 Å². The number of carbonyl (C=O) groups is 1. The van der Waals surface area contributed by atoms with Gasteiger partial charge in [-0.15, -0.1) is 12.4 Å². The van der Waals surface area contributed by atoms with E-state index in [4.69, 9.17) is 0 Å². The number of rotatable bonds is 3. The van der Waals surface area contributed by atoms with Gasteiger partial charge in [0.1, 0.15) is 0 Å². The number of aromatic nitrogens is 2. The Morgan fingerprint density at radius 1 is 1.55 bits per heavy atom. The average Bonchev–Trinajstić information content (AvgIpc) is 3.01. The van der Waals surface area contributed by atoms with Gasteiger partial charge in [-0.25, -0.2) is 0 Å². The summed E-state index contributed by atoms with van der Waals surface area (Å²) in [6, 6.07) is 0.166.